The molecule has 1 aromatic carbocycles. The van der Waals surface area contributed by atoms with Crippen LogP contribution in [0.5, 0.6) is 0 Å². The number of carbonyl (C=O) groups is 1. The number of amides is 1. The first kappa shape index (κ1) is 14.7. The van der Waals surface area contributed by atoms with Crippen molar-refractivity contribution in [3.8, 4) is 0 Å². The van der Waals surface area contributed by atoms with E-state index in [4.69, 9.17) is 0 Å². The lowest BCUT2D eigenvalue weighted by Gasteiger charge is -2.04. The van der Waals surface area contributed by atoms with Crippen LogP contribution in [0.15, 0.2) is 47.0 Å². The summed E-state index contributed by atoms with van der Waals surface area (Å²) in [7, 11) is 3.49. The van der Waals surface area contributed by atoms with E-state index < -0.39 is 0 Å². The van der Waals surface area contributed by atoms with Gasteiger partial charge >= 0.3 is 0 Å². The van der Waals surface area contributed by atoms with E-state index in [1.165, 1.54) is 16.9 Å². The van der Waals surface area contributed by atoms with Crippen LogP contribution in [0, 0.1) is 0 Å². The second-order valence-electron chi connectivity index (χ2n) is 4.63. The molecule has 1 amide bonds. The van der Waals surface area contributed by atoms with Gasteiger partial charge in [0.25, 0.3) is 5.91 Å². The van der Waals surface area contributed by atoms with E-state index in [-0.39, 0.29) is 11.7 Å². The molecule has 0 fully saturated rings. The van der Waals surface area contributed by atoms with Gasteiger partial charge in [0, 0.05) is 20.6 Å². The van der Waals surface area contributed by atoms with Crippen LogP contribution in [0.4, 0.5) is 5.82 Å². The third kappa shape index (κ3) is 4.41. The summed E-state index contributed by atoms with van der Waals surface area (Å²) in [6.07, 6.45) is 2.20. The van der Waals surface area contributed by atoms with Crippen molar-refractivity contribution in [1.82, 2.24) is 20.3 Å². The van der Waals surface area contributed by atoms with Crippen LogP contribution in [-0.4, -0.2) is 41.5 Å². The summed E-state index contributed by atoms with van der Waals surface area (Å²) >= 11 is 0. The van der Waals surface area contributed by atoms with Gasteiger partial charge in [-0.15, -0.1) is 5.11 Å². The van der Waals surface area contributed by atoms with Crippen LogP contribution >= 0.6 is 0 Å². The molecule has 0 spiro atoms. The Bertz CT molecular complexity index is 605. The average molecular weight is 286 g/mol. The van der Waals surface area contributed by atoms with Gasteiger partial charge in [0.1, 0.15) is 0 Å². The quantitative estimate of drug-likeness (QED) is 0.628. The number of carbonyl (C=O) groups excluding carboxylic acids is 1. The zero-order valence-electron chi connectivity index (χ0n) is 12.1. The highest BCUT2D eigenvalue weighted by Gasteiger charge is 2.13. The minimum absolute atomic E-state index is 0.240. The van der Waals surface area contributed by atoms with Crippen molar-refractivity contribution in [3.05, 3.63) is 47.9 Å². The molecule has 0 aliphatic carbocycles. The molecule has 0 aliphatic heterocycles. The number of imidazole rings is 1. The van der Waals surface area contributed by atoms with Crippen LogP contribution in [0.25, 0.3) is 0 Å². The predicted octanol–water partition coefficient (Wildman–Crippen LogP) is 1.94. The number of benzene rings is 1. The second-order valence-corrected chi connectivity index (χ2v) is 4.63. The first-order valence-corrected chi connectivity index (χ1v) is 6.61. The highest BCUT2D eigenvalue weighted by molar-refractivity contribution is 5.96. The molecular weight excluding hydrogens is 268 g/mol. The normalized spacial score (nSPS) is 10.8. The van der Waals surface area contributed by atoms with Gasteiger partial charge in [0.2, 0.25) is 5.82 Å². The fraction of sp³-hybridized carbons (Fsp3) is 0.286. The zero-order chi connectivity index (χ0) is 15.1. The Labute approximate surface area is 123 Å². The first-order valence-electron chi connectivity index (χ1n) is 6.61. The fourth-order valence-electron chi connectivity index (χ4n) is 1.72. The summed E-state index contributed by atoms with van der Waals surface area (Å²) < 4.78 is 0. The Balaban J connectivity index is 1.90. The molecule has 1 aromatic heterocycles. The number of hydrogen-bond donors (Lipinski definition) is 2. The summed E-state index contributed by atoms with van der Waals surface area (Å²) in [5, 5.41) is 12.1. The van der Waals surface area contributed by atoms with E-state index in [0.717, 1.165) is 6.42 Å². The lowest BCUT2D eigenvalue weighted by atomic mass is 10.1. The standard InChI is InChI=1S/C14H18N6O/c1-20(2)19-18-13-12(16-10-17-13)14(21)15-9-8-11-6-4-3-5-7-11/h3-7,10H,8-9H2,1-2H3,(H,15,21)(H,16,17). The van der Waals surface area contributed by atoms with Gasteiger partial charge in [0.15, 0.2) is 5.69 Å². The molecule has 7 nitrogen and oxygen atoms in total. The molecule has 0 bridgehead atoms. The maximum atomic E-state index is 12.1. The Morgan fingerprint density at radius 2 is 2.10 bits per heavy atom. The smallest absolute Gasteiger partial charge is 0.271 e. The Morgan fingerprint density at radius 1 is 1.33 bits per heavy atom. The van der Waals surface area contributed by atoms with Crippen molar-refractivity contribution in [3.63, 3.8) is 0 Å². The van der Waals surface area contributed by atoms with Crippen LogP contribution < -0.4 is 5.32 Å². The van der Waals surface area contributed by atoms with Crippen LogP contribution in [0.1, 0.15) is 16.1 Å². The molecule has 0 aliphatic rings. The van der Waals surface area contributed by atoms with Crippen LogP contribution in [0.2, 0.25) is 0 Å². The summed E-state index contributed by atoms with van der Waals surface area (Å²) in [6.45, 7) is 0.548. The summed E-state index contributed by atoms with van der Waals surface area (Å²) in [5.41, 5.74) is 1.49. The van der Waals surface area contributed by atoms with E-state index in [2.05, 4.69) is 25.6 Å². The zero-order valence-corrected chi connectivity index (χ0v) is 12.1. The number of nitrogens with zero attached hydrogens (tertiary/aromatic N) is 4. The molecule has 0 radical (unpaired) electrons. The SMILES string of the molecule is CN(C)N=Nc1nc[nH]c1C(=O)NCCc1ccccc1. The summed E-state index contributed by atoms with van der Waals surface area (Å²) in [5.74, 6) is 0.0389. The number of rotatable bonds is 6. The molecule has 1 heterocycles. The molecule has 2 N–H and O–H groups in total. The molecule has 110 valence electrons. The second kappa shape index (κ2) is 7.18. The number of hydrogen-bond acceptors (Lipinski definition) is 4. The molecule has 7 heteroatoms. The molecule has 2 aromatic rings. The van der Waals surface area contributed by atoms with Crippen molar-refractivity contribution in [2.75, 3.05) is 20.6 Å². The predicted molar refractivity (Wildman–Crippen MR) is 79.3 cm³/mol. The van der Waals surface area contributed by atoms with Crippen molar-refractivity contribution in [2.24, 2.45) is 10.3 Å². The molecular formula is C14H18N6O. The maximum Gasteiger partial charge on any atom is 0.271 e. The van der Waals surface area contributed by atoms with Gasteiger partial charge < -0.3 is 10.3 Å². The monoisotopic (exact) mass is 286 g/mol. The largest absolute Gasteiger partial charge is 0.350 e. The Morgan fingerprint density at radius 3 is 2.81 bits per heavy atom. The van der Waals surface area contributed by atoms with E-state index in [0.29, 0.717) is 12.2 Å². The van der Waals surface area contributed by atoms with Crippen LogP contribution in [0.3, 0.4) is 0 Å². The first-order chi connectivity index (χ1) is 10.2. The van der Waals surface area contributed by atoms with Crippen molar-refractivity contribution >= 4 is 11.7 Å². The molecule has 0 atom stereocenters. The molecule has 21 heavy (non-hydrogen) atoms. The van der Waals surface area contributed by atoms with Crippen molar-refractivity contribution in [1.29, 1.82) is 0 Å². The van der Waals surface area contributed by atoms with E-state index in [9.17, 15) is 4.79 Å². The van der Waals surface area contributed by atoms with Crippen molar-refractivity contribution in [2.45, 2.75) is 6.42 Å². The third-order valence-corrected chi connectivity index (χ3v) is 2.71. The van der Waals surface area contributed by atoms with Gasteiger partial charge in [0.05, 0.1) is 6.33 Å². The number of H-pyrrole nitrogens is 1. The van der Waals surface area contributed by atoms with E-state index in [1.54, 1.807) is 14.1 Å². The van der Waals surface area contributed by atoms with Gasteiger partial charge in [-0.3, -0.25) is 9.80 Å². The Kier molecular flexibility index (Phi) is 5.03. The third-order valence-electron chi connectivity index (χ3n) is 2.71. The average Bonchev–Trinajstić information content (AvgIpc) is 2.94. The summed E-state index contributed by atoms with van der Waals surface area (Å²) in [4.78, 5) is 18.8. The number of aromatic nitrogens is 2. The highest BCUT2D eigenvalue weighted by Crippen LogP contribution is 2.13. The van der Waals surface area contributed by atoms with E-state index in [1.807, 2.05) is 30.3 Å². The van der Waals surface area contributed by atoms with E-state index >= 15 is 0 Å². The summed E-state index contributed by atoms with van der Waals surface area (Å²) in [6, 6.07) is 9.98. The number of aromatic amines is 1. The lowest BCUT2D eigenvalue weighted by molar-refractivity contribution is 0.0950. The number of nitrogens with one attached hydrogen (secondary N) is 2. The molecule has 2 rings (SSSR count). The van der Waals surface area contributed by atoms with Crippen LogP contribution in [-0.2, 0) is 6.42 Å². The van der Waals surface area contributed by atoms with Gasteiger partial charge in [-0.25, -0.2) is 4.98 Å². The van der Waals surface area contributed by atoms with Crippen molar-refractivity contribution < 1.29 is 4.79 Å². The minimum atomic E-state index is -0.240. The highest BCUT2D eigenvalue weighted by atomic mass is 16.1. The molecule has 0 saturated heterocycles. The maximum absolute atomic E-state index is 12.1. The Hall–Kier alpha value is -2.70. The fourth-order valence-corrected chi connectivity index (χ4v) is 1.72. The lowest BCUT2D eigenvalue weighted by Crippen LogP contribution is -2.26. The molecule has 0 saturated carbocycles. The van der Waals surface area contributed by atoms with Gasteiger partial charge in [-0.1, -0.05) is 35.6 Å². The topological polar surface area (TPSA) is 85.7 Å². The minimum Gasteiger partial charge on any atom is -0.350 e. The van der Waals surface area contributed by atoms with Gasteiger partial charge in [-0.2, -0.15) is 0 Å². The molecule has 0 unspecified atom stereocenters. The van der Waals surface area contributed by atoms with Gasteiger partial charge in [-0.05, 0) is 12.0 Å².